The van der Waals surface area contributed by atoms with E-state index in [0.29, 0.717) is 5.56 Å². The predicted molar refractivity (Wildman–Crippen MR) is 96.0 cm³/mol. The molecule has 0 saturated heterocycles. The average Bonchev–Trinajstić information content (AvgIpc) is 3.10. The van der Waals surface area contributed by atoms with E-state index >= 15 is 0 Å². The van der Waals surface area contributed by atoms with Gasteiger partial charge in [0.05, 0.1) is 11.3 Å². The van der Waals surface area contributed by atoms with E-state index in [9.17, 15) is 5.26 Å². The number of nitrogens with one attached hydrogen (secondary N) is 2. The molecule has 0 bridgehead atoms. The van der Waals surface area contributed by atoms with E-state index < -0.39 is 0 Å². The minimum atomic E-state index is 0.519. The number of nitriles is 1. The molecule has 0 aliphatic rings. The summed E-state index contributed by atoms with van der Waals surface area (Å²) in [4.78, 5) is 7.39. The molecule has 2 aromatic carbocycles. The summed E-state index contributed by atoms with van der Waals surface area (Å²) in [6, 6.07) is 20.3. The van der Waals surface area contributed by atoms with Crippen LogP contribution in [0.1, 0.15) is 5.56 Å². The van der Waals surface area contributed by atoms with Gasteiger partial charge in [0.15, 0.2) is 0 Å². The predicted octanol–water partition coefficient (Wildman–Crippen LogP) is 4.85. The van der Waals surface area contributed by atoms with Gasteiger partial charge in [0.2, 0.25) is 0 Å². The normalized spacial score (nSPS) is 10.5. The molecule has 4 nitrogen and oxygen atoms in total. The van der Waals surface area contributed by atoms with Crippen molar-refractivity contribution in [2.24, 2.45) is 0 Å². The van der Waals surface area contributed by atoms with Crippen LogP contribution in [0.2, 0.25) is 0 Å². The second-order valence-corrected chi connectivity index (χ2v) is 5.49. The number of fused-ring (bicyclic) bond motifs is 1. The van der Waals surface area contributed by atoms with Gasteiger partial charge in [-0.05, 0) is 29.8 Å². The Bertz CT molecular complexity index is 1040. The van der Waals surface area contributed by atoms with Crippen molar-refractivity contribution in [3.05, 3.63) is 78.8 Å². The van der Waals surface area contributed by atoms with Gasteiger partial charge < -0.3 is 10.3 Å². The first-order valence-corrected chi connectivity index (χ1v) is 7.63. The minimum Gasteiger partial charge on any atom is -0.361 e. The molecule has 4 aromatic rings. The zero-order valence-corrected chi connectivity index (χ0v) is 12.8. The smallest absolute Gasteiger partial charge is 0.103 e. The Morgan fingerprint density at radius 3 is 2.71 bits per heavy atom. The Morgan fingerprint density at radius 1 is 1.00 bits per heavy atom. The number of rotatable bonds is 3. The number of anilines is 2. The number of benzene rings is 2. The van der Waals surface area contributed by atoms with Gasteiger partial charge >= 0.3 is 0 Å². The van der Waals surface area contributed by atoms with Crippen molar-refractivity contribution in [2.75, 3.05) is 5.32 Å². The maximum atomic E-state index is 9.47. The summed E-state index contributed by atoms with van der Waals surface area (Å²) in [6.07, 6.45) is 5.29. The van der Waals surface area contributed by atoms with E-state index in [1.807, 2.05) is 54.7 Å². The molecule has 0 unspecified atom stereocenters. The van der Waals surface area contributed by atoms with Crippen molar-refractivity contribution in [3.8, 4) is 17.2 Å². The van der Waals surface area contributed by atoms with Crippen molar-refractivity contribution >= 4 is 22.3 Å². The van der Waals surface area contributed by atoms with E-state index in [2.05, 4.69) is 27.4 Å². The monoisotopic (exact) mass is 310 g/mol. The van der Waals surface area contributed by atoms with Crippen LogP contribution in [0, 0.1) is 11.3 Å². The highest BCUT2D eigenvalue weighted by Crippen LogP contribution is 2.33. The third kappa shape index (κ3) is 2.49. The SMILES string of the molecule is N#Cc1cncc(-c2ccccc2)c1Nc1ccc2[nH]ccc2c1. The highest BCUT2D eigenvalue weighted by atomic mass is 14.9. The van der Waals surface area contributed by atoms with Crippen LogP contribution in [0.25, 0.3) is 22.0 Å². The molecule has 4 heteroatoms. The summed E-state index contributed by atoms with van der Waals surface area (Å²) in [5, 5.41) is 14.0. The second-order valence-electron chi connectivity index (χ2n) is 5.49. The summed E-state index contributed by atoms with van der Waals surface area (Å²) in [6.45, 7) is 0. The van der Waals surface area contributed by atoms with Crippen LogP contribution < -0.4 is 5.32 Å². The molecule has 0 spiro atoms. The Balaban J connectivity index is 1.83. The number of H-pyrrole nitrogens is 1. The molecule has 0 amide bonds. The lowest BCUT2D eigenvalue weighted by Crippen LogP contribution is -1.98. The van der Waals surface area contributed by atoms with Gasteiger partial charge in [0, 0.05) is 40.7 Å². The summed E-state index contributed by atoms with van der Waals surface area (Å²) in [7, 11) is 0. The Kier molecular flexibility index (Phi) is 3.45. The average molecular weight is 310 g/mol. The summed E-state index contributed by atoms with van der Waals surface area (Å²) in [5.74, 6) is 0. The van der Waals surface area contributed by atoms with Crippen LogP contribution in [0.3, 0.4) is 0 Å². The van der Waals surface area contributed by atoms with E-state index in [4.69, 9.17) is 0 Å². The fourth-order valence-corrected chi connectivity index (χ4v) is 2.79. The third-order valence-corrected chi connectivity index (χ3v) is 3.97. The maximum Gasteiger partial charge on any atom is 0.103 e. The van der Waals surface area contributed by atoms with Gasteiger partial charge in [-0.25, -0.2) is 0 Å². The minimum absolute atomic E-state index is 0.519. The molecule has 0 radical (unpaired) electrons. The molecule has 0 fully saturated rings. The molecule has 4 rings (SSSR count). The van der Waals surface area contributed by atoms with Gasteiger partial charge in [0.25, 0.3) is 0 Å². The fraction of sp³-hybridized carbons (Fsp3) is 0. The molecular weight excluding hydrogens is 296 g/mol. The number of aromatic nitrogens is 2. The number of aromatic amines is 1. The molecule has 0 aliphatic carbocycles. The largest absolute Gasteiger partial charge is 0.361 e. The zero-order valence-electron chi connectivity index (χ0n) is 12.8. The van der Waals surface area contributed by atoms with E-state index in [1.54, 1.807) is 12.4 Å². The van der Waals surface area contributed by atoms with Crippen molar-refractivity contribution in [3.63, 3.8) is 0 Å². The zero-order chi connectivity index (χ0) is 16.4. The number of hydrogen-bond acceptors (Lipinski definition) is 3. The molecule has 0 atom stereocenters. The number of pyridine rings is 1. The Labute approximate surface area is 139 Å². The van der Waals surface area contributed by atoms with Crippen LogP contribution in [-0.4, -0.2) is 9.97 Å². The van der Waals surface area contributed by atoms with Gasteiger partial charge in [-0.3, -0.25) is 4.98 Å². The lowest BCUT2D eigenvalue weighted by atomic mass is 10.0. The van der Waals surface area contributed by atoms with E-state index in [0.717, 1.165) is 33.4 Å². The Morgan fingerprint density at radius 2 is 1.88 bits per heavy atom. The van der Waals surface area contributed by atoms with Crippen molar-refractivity contribution in [1.29, 1.82) is 5.26 Å². The molecule has 2 aromatic heterocycles. The maximum absolute atomic E-state index is 9.47. The van der Waals surface area contributed by atoms with Gasteiger partial charge in [-0.15, -0.1) is 0 Å². The molecule has 2 N–H and O–H groups in total. The van der Waals surface area contributed by atoms with Crippen LogP contribution in [0.5, 0.6) is 0 Å². The Hall–Kier alpha value is -3.58. The topological polar surface area (TPSA) is 64.5 Å². The van der Waals surface area contributed by atoms with Crippen molar-refractivity contribution in [1.82, 2.24) is 9.97 Å². The van der Waals surface area contributed by atoms with Crippen molar-refractivity contribution in [2.45, 2.75) is 0 Å². The van der Waals surface area contributed by atoms with Crippen LogP contribution in [-0.2, 0) is 0 Å². The molecule has 0 saturated carbocycles. The first kappa shape index (κ1) is 14.0. The first-order chi connectivity index (χ1) is 11.8. The quantitative estimate of drug-likeness (QED) is 0.569. The second kappa shape index (κ2) is 5.90. The molecule has 2 heterocycles. The summed E-state index contributed by atoms with van der Waals surface area (Å²) >= 11 is 0. The molecule has 24 heavy (non-hydrogen) atoms. The van der Waals surface area contributed by atoms with Gasteiger partial charge in [0.1, 0.15) is 6.07 Å². The third-order valence-electron chi connectivity index (χ3n) is 3.97. The highest BCUT2D eigenvalue weighted by molar-refractivity contribution is 5.88. The lowest BCUT2D eigenvalue weighted by molar-refractivity contribution is 1.30. The fourth-order valence-electron chi connectivity index (χ4n) is 2.79. The van der Waals surface area contributed by atoms with Crippen LogP contribution in [0.15, 0.2) is 73.2 Å². The summed E-state index contributed by atoms with van der Waals surface area (Å²) < 4.78 is 0. The van der Waals surface area contributed by atoms with E-state index in [1.165, 1.54) is 0 Å². The standard InChI is InChI=1S/C20H14N4/c21-11-16-12-22-13-18(14-4-2-1-3-5-14)20(16)24-17-6-7-19-15(10-17)8-9-23-19/h1-10,12-13,23H,(H,22,24). The number of nitrogens with zero attached hydrogens (tertiary/aromatic N) is 2. The highest BCUT2D eigenvalue weighted by Gasteiger charge is 2.11. The van der Waals surface area contributed by atoms with Crippen molar-refractivity contribution < 1.29 is 0 Å². The van der Waals surface area contributed by atoms with Gasteiger partial charge in [-0.2, -0.15) is 5.26 Å². The molecule has 114 valence electrons. The molecule has 0 aliphatic heterocycles. The first-order valence-electron chi connectivity index (χ1n) is 7.63. The number of hydrogen-bond donors (Lipinski definition) is 2. The van der Waals surface area contributed by atoms with Crippen LogP contribution in [0.4, 0.5) is 11.4 Å². The van der Waals surface area contributed by atoms with Gasteiger partial charge in [-0.1, -0.05) is 30.3 Å². The van der Waals surface area contributed by atoms with E-state index in [-0.39, 0.29) is 0 Å². The lowest BCUT2D eigenvalue weighted by Gasteiger charge is -2.13. The van der Waals surface area contributed by atoms with Crippen LogP contribution >= 0.6 is 0 Å². The molecular formula is C20H14N4. The summed E-state index contributed by atoms with van der Waals surface area (Å²) in [5.41, 5.74) is 5.23.